The minimum atomic E-state index is -4.49. The van der Waals surface area contributed by atoms with Crippen LogP contribution in [0.25, 0.3) is 10.8 Å². The zero-order chi connectivity index (χ0) is 20.9. The van der Waals surface area contributed by atoms with Crippen LogP contribution in [0.2, 0.25) is 0 Å². The lowest BCUT2D eigenvalue weighted by Gasteiger charge is -2.32. The van der Waals surface area contributed by atoms with Gasteiger partial charge in [0.15, 0.2) is 0 Å². The van der Waals surface area contributed by atoms with Crippen LogP contribution in [0, 0.1) is 5.92 Å². The van der Waals surface area contributed by atoms with E-state index in [0.29, 0.717) is 12.4 Å². The number of hydroxylamine groups is 2. The van der Waals surface area contributed by atoms with Crippen molar-refractivity contribution in [3.63, 3.8) is 0 Å². The van der Waals surface area contributed by atoms with Gasteiger partial charge in [0, 0.05) is 17.2 Å². The van der Waals surface area contributed by atoms with Gasteiger partial charge in [0.25, 0.3) is 0 Å². The molecule has 0 radical (unpaired) electrons. The fourth-order valence-electron chi connectivity index (χ4n) is 4.07. The number of hydrogen-bond acceptors (Lipinski definition) is 3. The molecule has 1 fully saturated rings. The number of benzene rings is 3. The summed E-state index contributed by atoms with van der Waals surface area (Å²) in [5.74, 6) is 0.605. The van der Waals surface area contributed by atoms with Crippen LogP contribution >= 0.6 is 0 Å². The van der Waals surface area contributed by atoms with Gasteiger partial charge in [-0.1, -0.05) is 36.4 Å². The lowest BCUT2D eigenvalue weighted by Crippen LogP contribution is -2.37. The van der Waals surface area contributed by atoms with E-state index in [9.17, 15) is 18.0 Å². The van der Waals surface area contributed by atoms with Gasteiger partial charge in [-0.25, -0.2) is 4.79 Å². The Hall–Kier alpha value is -3.26. The van der Waals surface area contributed by atoms with Gasteiger partial charge in [-0.3, -0.25) is 4.84 Å². The molecule has 1 N–H and O–H groups in total. The van der Waals surface area contributed by atoms with Crippen LogP contribution in [0.3, 0.4) is 0 Å². The Morgan fingerprint density at radius 3 is 2.70 bits per heavy atom. The molecule has 0 spiro atoms. The van der Waals surface area contributed by atoms with E-state index in [2.05, 4.69) is 5.32 Å². The lowest BCUT2D eigenvalue weighted by molar-refractivity contribution is -0.137. The van der Waals surface area contributed by atoms with E-state index >= 15 is 0 Å². The van der Waals surface area contributed by atoms with Crippen molar-refractivity contribution in [2.75, 3.05) is 18.5 Å². The van der Waals surface area contributed by atoms with Gasteiger partial charge < -0.3 is 10.1 Å². The van der Waals surface area contributed by atoms with Crippen LogP contribution in [0.15, 0.2) is 60.7 Å². The summed E-state index contributed by atoms with van der Waals surface area (Å²) in [7, 11) is 0. The van der Waals surface area contributed by atoms with Crippen molar-refractivity contribution in [3.8, 4) is 5.75 Å². The average Bonchev–Trinajstić information content (AvgIpc) is 3.17. The van der Waals surface area contributed by atoms with Crippen LogP contribution in [-0.2, 0) is 11.0 Å². The smallest absolute Gasteiger partial charge is 0.416 e. The van der Waals surface area contributed by atoms with Crippen molar-refractivity contribution in [2.45, 2.75) is 12.2 Å². The Labute approximate surface area is 169 Å². The molecule has 0 bridgehead atoms. The first kappa shape index (κ1) is 18.7. The number of nitrogens with one attached hydrogen (secondary N) is 1. The molecule has 2 aliphatic rings. The molecule has 154 valence electrons. The summed E-state index contributed by atoms with van der Waals surface area (Å²) in [5.41, 5.74) is 0.0658. The number of amides is 2. The minimum Gasteiger partial charge on any atom is -0.493 e. The SMILES string of the molecule is O=C(Nc1cccc(C(F)(F)F)c1)N1OC[C@H]2COc3ccc4ccccc4c3[C@@H]21. The Balaban J connectivity index is 1.48. The summed E-state index contributed by atoms with van der Waals surface area (Å²) in [6.45, 7) is 0.673. The number of carbonyl (C=O) groups is 1. The molecule has 2 atom stereocenters. The number of nitrogens with zero attached hydrogens (tertiary/aromatic N) is 1. The fraction of sp³-hybridized carbons (Fsp3) is 0.227. The van der Waals surface area contributed by atoms with E-state index < -0.39 is 23.8 Å². The maximum atomic E-state index is 13.0. The van der Waals surface area contributed by atoms with Gasteiger partial charge in [0.1, 0.15) is 5.75 Å². The van der Waals surface area contributed by atoms with Gasteiger partial charge in [-0.15, -0.1) is 0 Å². The number of rotatable bonds is 1. The standard InChI is InChI=1S/C22H17F3N2O3/c23-22(24,25)15-5-3-6-16(10-15)26-21(28)27-20-14(12-30-27)11-29-18-9-8-13-4-1-2-7-17(13)19(18)20/h1-10,14,20H,11-12H2,(H,26,28)/t14-,20-/m1/s1. The summed E-state index contributed by atoms with van der Waals surface area (Å²) in [4.78, 5) is 18.6. The fourth-order valence-corrected chi connectivity index (χ4v) is 4.07. The molecule has 30 heavy (non-hydrogen) atoms. The molecular weight excluding hydrogens is 397 g/mol. The molecule has 1 saturated heterocycles. The maximum absolute atomic E-state index is 13.0. The summed E-state index contributed by atoms with van der Waals surface area (Å²) in [5, 5.41) is 5.71. The molecule has 0 unspecified atom stereocenters. The Bertz CT molecular complexity index is 1130. The third-order valence-corrected chi connectivity index (χ3v) is 5.45. The highest BCUT2D eigenvalue weighted by Gasteiger charge is 2.45. The highest BCUT2D eigenvalue weighted by atomic mass is 19.4. The quantitative estimate of drug-likeness (QED) is 0.581. The molecule has 8 heteroatoms. The molecule has 2 aliphatic heterocycles. The molecule has 0 aromatic heterocycles. The second kappa shape index (κ2) is 6.91. The third kappa shape index (κ3) is 3.13. The molecular formula is C22H17F3N2O3. The highest BCUT2D eigenvalue weighted by Crippen LogP contribution is 2.46. The van der Waals surface area contributed by atoms with E-state index in [1.807, 2.05) is 36.4 Å². The topological polar surface area (TPSA) is 50.8 Å². The molecule has 5 nitrogen and oxygen atoms in total. The van der Waals surface area contributed by atoms with E-state index in [1.54, 1.807) is 0 Å². The zero-order valence-corrected chi connectivity index (χ0v) is 15.6. The van der Waals surface area contributed by atoms with Gasteiger partial charge in [0.2, 0.25) is 0 Å². The van der Waals surface area contributed by atoms with Gasteiger partial charge in [-0.05, 0) is 35.0 Å². The Kier molecular flexibility index (Phi) is 4.32. The summed E-state index contributed by atoms with van der Waals surface area (Å²) >= 11 is 0. The Morgan fingerprint density at radius 2 is 1.87 bits per heavy atom. The van der Waals surface area contributed by atoms with Crippen LogP contribution in [0.5, 0.6) is 5.75 Å². The number of fused-ring (bicyclic) bond motifs is 5. The predicted molar refractivity (Wildman–Crippen MR) is 104 cm³/mol. The van der Waals surface area contributed by atoms with Crippen LogP contribution < -0.4 is 10.1 Å². The monoisotopic (exact) mass is 414 g/mol. The number of hydrogen-bond donors (Lipinski definition) is 1. The second-order valence-electron chi connectivity index (χ2n) is 7.34. The largest absolute Gasteiger partial charge is 0.493 e. The number of halogens is 3. The van der Waals surface area contributed by atoms with Gasteiger partial charge in [-0.2, -0.15) is 18.2 Å². The van der Waals surface area contributed by atoms with Crippen molar-refractivity contribution in [3.05, 3.63) is 71.8 Å². The van der Waals surface area contributed by atoms with Crippen LogP contribution in [0.1, 0.15) is 17.2 Å². The molecule has 5 rings (SSSR count). The highest BCUT2D eigenvalue weighted by molar-refractivity contribution is 5.92. The van der Waals surface area contributed by atoms with Crippen molar-refractivity contribution >= 4 is 22.5 Å². The average molecular weight is 414 g/mol. The van der Waals surface area contributed by atoms with Crippen molar-refractivity contribution in [1.29, 1.82) is 0 Å². The number of alkyl halides is 3. The van der Waals surface area contributed by atoms with Crippen molar-refractivity contribution in [2.24, 2.45) is 5.92 Å². The number of anilines is 1. The first-order valence-electron chi connectivity index (χ1n) is 9.46. The number of urea groups is 1. The first-order chi connectivity index (χ1) is 14.4. The van der Waals surface area contributed by atoms with Crippen molar-refractivity contribution < 1.29 is 27.5 Å². The van der Waals surface area contributed by atoms with E-state index in [-0.39, 0.29) is 18.2 Å². The van der Waals surface area contributed by atoms with Crippen LogP contribution in [-0.4, -0.2) is 24.3 Å². The zero-order valence-electron chi connectivity index (χ0n) is 15.6. The van der Waals surface area contributed by atoms with E-state index in [0.717, 1.165) is 28.5 Å². The van der Waals surface area contributed by atoms with E-state index in [1.165, 1.54) is 17.2 Å². The van der Waals surface area contributed by atoms with Crippen LogP contribution in [0.4, 0.5) is 23.7 Å². The summed E-state index contributed by atoms with van der Waals surface area (Å²) < 4.78 is 44.8. The van der Waals surface area contributed by atoms with Gasteiger partial charge in [0.05, 0.1) is 24.8 Å². The minimum absolute atomic E-state index is 0.0482. The van der Waals surface area contributed by atoms with Gasteiger partial charge >= 0.3 is 12.2 Å². The van der Waals surface area contributed by atoms with Crippen molar-refractivity contribution in [1.82, 2.24) is 5.06 Å². The molecule has 0 aliphatic carbocycles. The number of carbonyl (C=O) groups excluding carboxylic acids is 1. The molecule has 3 aromatic rings. The maximum Gasteiger partial charge on any atom is 0.416 e. The van der Waals surface area contributed by atoms with E-state index in [4.69, 9.17) is 9.57 Å². The third-order valence-electron chi connectivity index (χ3n) is 5.45. The Morgan fingerprint density at radius 1 is 1.03 bits per heavy atom. The summed E-state index contributed by atoms with van der Waals surface area (Å²) in [6.07, 6.45) is -4.49. The predicted octanol–water partition coefficient (Wildman–Crippen LogP) is 5.39. The first-order valence-corrected chi connectivity index (χ1v) is 9.46. The molecule has 0 saturated carbocycles. The molecule has 2 heterocycles. The number of ether oxygens (including phenoxy) is 1. The lowest BCUT2D eigenvalue weighted by atomic mass is 9.88. The molecule has 3 aromatic carbocycles. The molecule has 2 amide bonds. The normalized spacial score (nSPS) is 20.4. The second-order valence-corrected chi connectivity index (χ2v) is 7.34. The summed E-state index contributed by atoms with van der Waals surface area (Å²) in [6, 6.07) is 15.1.